The molecule has 2 amide bonds. The molecule has 2 heterocycles. The van der Waals surface area contributed by atoms with Gasteiger partial charge in [-0.1, -0.05) is 17.7 Å². The Morgan fingerprint density at radius 3 is 2.75 bits per heavy atom. The zero-order valence-corrected chi connectivity index (χ0v) is 17.6. The van der Waals surface area contributed by atoms with Gasteiger partial charge in [-0.25, -0.2) is 4.98 Å². The fourth-order valence-corrected chi connectivity index (χ4v) is 4.45. The maximum absolute atomic E-state index is 12.7. The highest BCUT2D eigenvalue weighted by Gasteiger charge is 2.17. The SMILES string of the molecule is CCNC(=O)COc1cccc(NC(=O)c2sc(-c3ccc(Cl)s3)nc2C)c1. The summed E-state index contributed by atoms with van der Waals surface area (Å²) in [5.74, 6) is 0.0576. The van der Waals surface area contributed by atoms with E-state index in [2.05, 4.69) is 15.6 Å². The topological polar surface area (TPSA) is 80.3 Å². The van der Waals surface area contributed by atoms with Crippen LogP contribution >= 0.6 is 34.3 Å². The summed E-state index contributed by atoms with van der Waals surface area (Å²) in [5, 5.41) is 6.27. The van der Waals surface area contributed by atoms with E-state index < -0.39 is 0 Å². The second kappa shape index (κ2) is 9.18. The van der Waals surface area contributed by atoms with Crippen LogP contribution in [-0.4, -0.2) is 29.9 Å². The number of nitrogens with zero attached hydrogens (tertiary/aromatic N) is 1. The van der Waals surface area contributed by atoms with E-state index in [1.165, 1.54) is 22.7 Å². The number of hydrogen-bond acceptors (Lipinski definition) is 6. The molecular formula is C19H18ClN3O3S2. The number of nitrogens with one attached hydrogen (secondary N) is 2. The first-order valence-corrected chi connectivity index (χ1v) is 10.5. The number of thiophene rings is 1. The van der Waals surface area contributed by atoms with E-state index >= 15 is 0 Å². The number of benzene rings is 1. The molecule has 6 nitrogen and oxygen atoms in total. The van der Waals surface area contributed by atoms with E-state index in [1.54, 1.807) is 31.2 Å². The molecule has 0 bridgehead atoms. The smallest absolute Gasteiger partial charge is 0.267 e. The standard InChI is InChI=1S/C19H18ClN3O3S2/c1-3-21-16(24)10-26-13-6-4-5-12(9-13)23-18(25)17-11(2)22-19(28-17)14-7-8-15(20)27-14/h4-9H,3,10H2,1-2H3,(H,21,24)(H,23,25). The molecular weight excluding hydrogens is 418 g/mol. The highest BCUT2D eigenvalue weighted by molar-refractivity contribution is 7.24. The number of aromatic nitrogens is 1. The number of thiazole rings is 1. The van der Waals surface area contributed by atoms with Gasteiger partial charge in [0, 0.05) is 18.3 Å². The molecule has 0 saturated heterocycles. The number of ether oxygens (including phenoxy) is 1. The second-order valence-corrected chi connectivity index (χ2v) is 8.48. The van der Waals surface area contributed by atoms with Crippen molar-refractivity contribution in [2.75, 3.05) is 18.5 Å². The van der Waals surface area contributed by atoms with Crippen LogP contribution in [0.4, 0.5) is 5.69 Å². The minimum atomic E-state index is -0.246. The summed E-state index contributed by atoms with van der Waals surface area (Å²) < 4.78 is 6.13. The molecule has 3 aromatic rings. The quantitative estimate of drug-likeness (QED) is 0.568. The lowest BCUT2D eigenvalue weighted by atomic mass is 10.3. The molecule has 0 fully saturated rings. The van der Waals surface area contributed by atoms with Gasteiger partial charge in [0.05, 0.1) is 14.9 Å². The van der Waals surface area contributed by atoms with Crippen LogP contribution in [0.1, 0.15) is 22.3 Å². The van der Waals surface area contributed by atoms with Crippen molar-refractivity contribution in [1.82, 2.24) is 10.3 Å². The molecule has 28 heavy (non-hydrogen) atoms. The third-order valence-electron chi connectivity index (χ3n) is 3.62. The van der Waals surface area contributed by atoms with Crippen LogP contribution in [0.15, 0.2) is 36.4 Å². The lowest BCUT2D eigenvalue weighted by Gasteiger charge is -2.09. The van der Waals surface area contributed by atoms with Gasteiger partial charge >= 0.3 is 0 Å². The third kappa shape index (κ3) is 5.09. The lowest BCUT2D eigenvalue weighted by Crippen LogP contribution is -2.28. The first-order valence-electron chi connectivity index (χ1n) is 8.50. The summed E-state index contributed by atoms with van der Waals surface area (Å²) in [5.41, 5.74) is 1.23. The molecule has 0 saturated carbocycles. The van der Waals surface area contributed by atoms with Gasteiger partial charge in [0.1, 0.15) is 15.6 Å². The normalized spacial score (nSPS) is 10.5. The van der Waals surface area contributed by atoms with Crippen LogP contribution in [0.3, 0.4) is 0 Å². The summed E-state index contributed by atoms with van der Waals surface area (Å²) in [6.45, 7) is 4.11. The minimum Gasteiger partial charge on any atom is -0.484 e. The summed E-state index contributed by atoms with van der Waals surface area (Å²) in [7, 11) is 0. The molecule has 9 heteroatoms. The number of likely N-dealkylation sites (N-methyl/N-ethyl adjacent to an activating group) is 1. The fourth-order valence-electron chi connectivity index (χ4n) is 2.39. The average molecular weight is 436 g/mol. The Balaban J connectivity index is 1.69. The van der Waals surface area contributed by atoms with E-state index in [-0.39, 0.29) is 18.4 Å². The van der Waals surface area contributed by atoms with Gasteiger partial charge in [0.15, 0.2) is 6.61 Å². The molecule has 0 atom stereocenters. The van der Waals surface area contributed by atoms with Gasteiger partial charge < -0.3 is 15.4 Å². The Labute approximate surface area is 175 Å². The van der Waals surface area contributed by atoms with E-state index in [0.717, 1.165) is 9.88 Å². The number of hydrogen-bond donors (Lipinski definition) is 2. The maximum Gasteiger partial charge on any atom is 0.267 e. The number of amides is 2. The van der Waals surface area contributed by atoms with Gasteiger partial charge in [-0.2, -0.15) is 0 Å². The van der Waals surface area contributed by atoms with Crippen LogP contribution in [0, 0.1) is 6.92 Å². The first-order chi connectivity index (χ1) is 13.5. The minimum absolute atomic E-state index is 0.0775. The predicted molar refractivity (Wildman–Crippen MR) is 114 cm³/mol. The van der Waals surface area contributed by atoms with Gasteiger partial charge in [0.2, 0.25) is 0 Å². The summed E-state index contributed by atoms with van der Waals surface area (Å²) in [4.78, 5) is 30.1. The Kier molecular flexibility index (Phi) is 6.66. The molecule has 0 spiro atoms. The number of carbonyl (C=O) groups is 2. The molecule has 146 valence electrons. The summed E-state index contributed by atoms with van der Waals surface area (Å²) in [6.07, 6.45) is 0. The van der Waals surface area contributed by atoms with Crippen molar-refractivity contribution in [2.45, 2.75) is 13.8 Å². The zero-order valence-electron chi connectivity index (χ0n) is 15.2. The van der Waals surface area contributed by atoms with Crippen molar-refractivity contribution in [3.05, 3.63) is 51.3 Å². The molecule has 2 N–H and O–H groups in total. The van der Waals surface area contributed by atoms with E-state index in [1.807, 2.05) is 19.1 Å². The van der Waals surface area contributed by atoms with Crippen LogP contribution in [0.2, 0.25) is 4.34 Å². The second-order valence-electron chi connectivity index (χ2n) is 5.76. The van der Waals surface area contributed by atoms with Crippen molar-refractivity contribution >= 4 is 51.8 Å². The Morgan fingerprint density at radius 2 is 2.04 bits per heavy atom. The maximum atomic E-state index is 12.7. The number of anilines is 1. The number of halogens is 1. The number of carbonyl (C=O) groups excluding carboxylic acids is 2. The molecule has 3 rings (SSSR count). The van der Waals surface area contributed by atoms with Gasteiger partial charge in [0.25, 0.3) is 11.8 Å². The van der Waals surface area contributed by atoms with Crippen molar-refractivity contribution in [2.24, 2.45) is 0 Å². The van der Waals surface area contributed by atoms with E-state index in [4.69, 9.17) is 16.3 Å². The highest BCUT2D eigenvalue weighted by atomic mass is 35.5. The highest BCUT2D eigenvalue weighted by Crippen LogP contribution is 2.35. The summed E-state index contributed by atoms with van der Waals surface area (Å²) >= 11 is 8.73. The molecule has 2 aromatic heterocycles. The molecule has 0 aliphatic heterocycles. The van der Waals surface area contributed by atoms with Crippen LogP contribution in [0.25, 0.3) is 9.88 Å². The van der Waals surface area contributed by atoms with Crippen molar-refractivity contribution in [3.63, 3.8) is 0 Å². The van der Waals surface area contributed by atoms with Crippen LogP contribution in [0.5, 0.6) is 5.75 Å². The zero-order chi connectivity index (χ0) is 20.1. The number of aryl methyl sites for hydroxylation is 1. The van der Waals surface area contributed by atoms with Crippen molar-refractivity contribution in [1.29, 1.82) is 0 Å². The van der Waals surface area contributed by atoms with Crippen molar-refractivity contribution < 1.29 is 14.3 Å². The monoisotopic (exact) mass is 435 g/mol. The van der Waals surface area contributed by atoms with Gasteiger partial charge in [-0.15, -0.1) is 22.7 Å². The molecule has 0 unspecified atom stereocenters. The molecule has 1 aromatic carbocycles. The van der Waals surface area contributed by atoms with Gasteiger partial charge in [-0.3, -0.25) is 9.59 Å². The Hall–Kier alpha value is -2.42. The Bertz CT molecular complexity index is 1000. The fraction of sp³-hybridized carbons (Fsp3) is 0.211. The molecule has 0 radical (unpaired) electrons. The van der Waals surface area contributed by atoms with Crippen LogP contribution in [-0.2, 0) is 4.79 Å². The molecule has 0 aliphatic carbocycles. The van der Waals surface area contributed by atoms with Crippen molar-refractivity contribution in [3.8, 4) is 15.6 Å². The third-order valence-corrected chi connectivity index (χ3v) is 6.18. The first kappa shape index (κ1) is 20.3. The predicted octanol–water partition coefficient (Wildman–Crippen LogP) is 4.60. The Morgan fingerprint density at radius 1 is 1.21 bits per heavy atom. The van der Waals surface area contributed by atoms with Crippen LogP contribution < -0.4 is 15.4 Å². The van der Waals surface area contributed by atoms with Gasteiger partial charge in [-0.05, 0) is 38.1 Å². The average Bonchev–Trinajstić information content (AvgIpc) is 3.26. The number of rotatable bonds is 7. The van der Waals surface area contributed by atoms with E-state index in [0.29, 0.717) is 32.9 Å². The largest absolute Gasteiger partial charge is 0.484 e. The lowest BCUT2D eigenvalue weighted by molar-refractivity contribution is -0.122. The molecule has 0 aliphatic rings. The van der Waals surface area contributed by atoms with E-state index in [9.17, 15) is 9.59 Å². The summed E-state index contributed by atoms with van der Waals surface area (Å²) in [6, 6.07) is 10.6.